The monoisotopic (exact) mass is 324 g/mol. The smallest absolute Gasteiger partial charge is 0.136 e. The molecule has 2 rings (SSSR count). The molecule has 2 aromatic carbocycles. The van der Waals surface area contributed by atoms with Crippen LogP contribution < -0.4 is 9.47 Å². The highest BCUT2D eigenvalue weighted by Gasteiger charge is 2.03. The number of hydrogen-bond donors (Lipinski definition) is 0. The lowest BCUT2D eigenvalue weighted by Gasteiger charge is -2.08. The molecule has 0 aliphatic rings. The van der Waals surface area contributed by atoms with Crippen LogP contribution in [0.25, 0.3) is 0 Å². The fourth-order valence-corrected chi connectivity index (χ4v) is 2.02. The number of ether oxygens (including phenoxy) is 2. The zero-order valence-corrected chi connectivity index (χ0v) is 12.1. The molecule has 0 fully saturated rings. The molecule has 0 aromatic heterocycles. The summed E-state index contributed by atoms with van der Waals surface area (Å²) in [5, 5.41) is 0. The van der Waals surface area contributed by atoms with Crippen molar-refractivity contribution in [3.63, 3.8) is 0 Å². The maximum absolute atomic E-state index is 13.1. The summed E-state index contributed by atoms with van der Waals surface area (Å²) >= 11 is 3.33. The first kappa shape index (κ1) is 13.9. The summed E-state index contributed by atoms with van der Waals surface area (Å²) in [5.74, 6) is 1.05. The first-order chi connectivity index (χ1) is 9.19. The summed E-state index contributed by atoms with van der Waals surface area (Å²) in [6.07, 6.45) is 0.757. The second-order valence-corrected chi connectivity index (χ2v) is 4.88. The van der Waals surface area contributed by atoms with Gasteiger partial charge in [-0.3, -0.25) is 0 Å². The summed E-state index contributed by atoms with van der Waals surface area (Å²) < 4.78 is 24.5. The van der Waals surface area contributed by atoms with Crippen LogP contribution in [0.5, 0.6) is 11.5 Å². The third kappa shape index (κ3) is 3.96. The van der Waals surface area contributed by atoms with Crippen molar-refractivity contribution in [3.05, 3.63) is 58.3 Å². The fourth-order valence-electron chi connectivity index (χ4n) is 1.66. The Hall–Kier alpha value is -1.55. The molecular weight excluding hydrogens is 311 g/mol. The van der Waals surface area contributed by atoms with E-state index >= 15 is 0 Å². The average molecular weight is 325 g/mol. The van der Waals surface area contributed by atoms with Crippen LogP contribution in [0, 0.1) is 5.82 Å². The number of methoxy groups -OCH3 is 1. The molecule has 2 nitrogen and oxygen atoms in total. The average Bonchev–Trinajstić information content (AvgIpc) is 2.43. The molecule has 0 unspecified atom stereocenters. The molecule has 0 saturated carbocycles. The van der Waals surface area contributed by atoms with Crippen molar-refractivity contribution in [2.24, 2.45) is 0 Å². The summed E-state index contributed by atoms with van der Waals surface area (Å²) in [4.78, 5) is 0. The van der Waals surface area contributed by atoms with Crippen LogP contribution in [0.1, 0.15) is 5.56 Å². The number of hydrogen-bond acceptors (Lipinski definition) is 2. The molecule has 0 saturated heterocycles. The molecule has 4 heteroatoms. The predicted octanol–water partition coefficient (Wildman–Crippen LogP) is 4.22. The Morgan fingerprint density at radius 3 is 2.53 bits per heavy atom. The van der Waals surface area contributed by atoms with Crippen LogP contribution in [0.3, 0.4) is 0 Å². The molecule has 19 heavy (non-hydrogen) atoms. The normalized spacial score (nSPS) is 10.3. The molecule has 0 atom stereocenters. The Kier molecular flexibility index (Phi) is 4.80. The maximum Gasteiger partial charge on any atom is 0.136 e. The van der Waals surface area contributed by atoms with Gasteiger partial charge in [0.15, 0.2) is 0 Å². The minimum absolute atomic E-state index is 0.303. The Morgan fingerprint density at radius 1 is 1.11 bits per heavy atom. The van der Waals surface area contributed by atoms with Crippen LogP contribution in [0.15, 0.2) is 46.9 Å². The first-order valence-corrected chi connectivity index (χ1v) is 6.69. The van der Waals surface area contributed by atoms with Gasteiger partial charge >= 0.3 is 0 Å². The van der Waals surface area contributed by atoms with Gasteiger partial charge in [0.1, 0.15) is 17.3 Å². The van der Waals surface area contributed by atoms with Crippen molar-refractivity contribution in [2.45, 2.75) is 6.42 Å². The van der Waals surface area contributed by atoms with Crippen LogP contribution in [0.4, 0.5) is 4.39 Å². The fraction of sp³-hybridized carbons (Fsp3) is 0.200. The molecule has 100 valence electrons. The lowest BCUT2D eigenvalue weighted by molar-refractivity contribution is 0.318. The second-order valence-electron chi connectivity index (χ2n) is 4.02. The van der Waals surface area contributed by atoms with Crippen LogP contribution >= 0.6 is 15.9 Å². The standard InChI is InChI=1S/C15H14BrFO2/c1-18-13-5-2-11(3-6-13)8-9-19-15-10-12(17)4-7-14(15)16/h2-7,10H,8-9H2,1H3. The van der Waals surface area contributed by atoms with Crippen LogP contribution in [-0.4, -0.2) is 13.7 Å². The van der Waals surface area contributed by atoms with Gasteiger partial charge in [0, 0.05) is 12.5 Å². The molecule has 0 spiro atoms. The molecular formula is C15H14BrFO2. The maximum atomic E-state index is 13.1. The van der Waals surface area contributed by atoms with E-state index in [1.165, 1.54) is 12.1 Å². The summed E-state index contributed by atoms with van der Waals surface area (Å²) in [7, 11) is 1.64. The molecule has 0 bridgehead atoms. The minimum Gasteiger partial charge on any atom is -0.497 e. The minimum atomic E-state index is -0.303. The number of rotatable bonds is 5. The second kappa shape index (κ2) is 6.57. The van der Waals surface area contributed by atoms with Crippen molar-refractivity contribution in [3.8, 4) is 11.5 Å². The van der Waals surface area contributed by atoms with Crippen molar-refractivity contribution < 1.29 is 13.9 Å². The number of benzene rings is 2. The largest absolute Gasteiger partial charge is 0.497 e. The molecule has 0 aliphatic heterocycles. The predicted molar refractivity (Wildman–Crippen MR) is 76.3 cm³/mol. The van der Waals surface area contributed by atoms with E-state index < -0.39 is 0 Å². The van der Waals surface area contributed by atoms with E-state index in [1.807, 2.05) is 24.3 Å². The van der Waals surface area contributed by atoms with Gasteiger partial charge < -0.3 is 9.47 Å². The third-order valence-corrected chi connectivity index (χ3v) is 3.36. The zero-order chi connectivity index (χ0) is 13.7. The van der Waals surface area contributed by atoms with Crippen LogP contribution in [0.2, 0.25) is 0 Å². The Labute approximate surface area is 120 Å². The van der Waals surface area contributed by atoms with E-state index in [1.54, 1.807) is 13.2 Å². The van der Waals surface area contributed by atoms with Gasteiger partial charge in [-0.25, -0.2) is 4.39 Å². The first-order valence-electron chi connectivity index (χ1n) is 5.90. The van der Waals surface area contributed by atoms with E-state index in [-0.39, 0.29) is 5.82 Å². The van der Waals surface area contributed by atoms with Gasteiger partial charge in [-0.05, 0) is 45.8 Å². The molecule has 0 N–H and O–H groups in total. The van der Waals surface area contributed by atoms with Crippen molar-refractivity contribution >= 4 is 15.9 Å². The SMILES string of the molecule is COc1ccc(CCOc2cc(F)ccc2Br)cc1. The van der Waals surface area contributed by atoms with E-state index in [9.17, 15) is 4.39 Å². The zero-order valence-electron chi connectivity index (χ0n) is 10.5. The Bertz CT molecular complexity index is 540. The molecule has 0 heterocycles. The lowest BCUT2D eigenvalue weighted by Crippen LogP contribution is -2.02. The van der Waals surface area contributed by atoms with Crippen molar-refractivity contribution in [1.29, 1.82) is 0 Å². The molecule has 0 amide bonds. The topological polar surface area (TPSA) is 18.5 Å². The van der Waals surface area contributed by atoms with Gasteiger partial charge in [-0.15, -0.1) is 0 Å². The van der Waals surface area contributed by atoms with Gasteiger partial charge in [0.2, 0.25) is 0 Å². The molecule has 2 aromatic rings. The third-order valence-electron chi connectivity index (χ3n) is 2.70. The van der Waals surface area contributed by atoms with E-state index in [0.717, 1.165) is 22.2 Å². The van der Waals surface area contributed by atoms with E-state index in [0.29, 0.717) is 12.4 Å². The van der Waals surface area contributed by atoms with Crippen molar-refractivity contribution in [1.82, 2.24) is 0 Å². The quantitative estimate of drug-likeness (QED) is 0.819. The lowest BCUT2D eigenvalue weighted by atomic mass is 10.1. The van der Waals surface area contributed by atoms with Gasteiger partial charge in [-0.1, -0.05) is 12.1 Å². The van der Waals surface area contributed by atoms with Crippen molar-refractivity contribution in [2.75, 3.05) is 13.7 Å². The van der Waals surface area contributed by atoms with Gasteiger partial charge in [0.05, 0.1) is 18.2 Å². The highest BCUT2D eigenvalue weighted by molar-refractivity contribution is 9.10. The Morgan fingerprint density at radius 2 is 1.84 bits per heavy atom. The summed E-state index contributed by atoms with van der Waals surface area (Å²) in [5.41, 5.74) is 1.15. The molecule has 0 radical (unpaired) electrons. The molecule has 0 aliphatic carbocycles. The van der Waals surface area contributed by atoms with E-state index in [2.05, 4.69) is 15.9 Å². The highest BCUT2D eigenvalue weighted by Crippen LogP contribution is 2.25. The highest BCUT2D eigenvalue weighted by atomic mass is 79.9. The summed E-state index contributed by atoms with van der Waals surface area (Å²) in [6, 6.07) is 12.2. The van der Waals surface area contributed by atoms with Crippen LogP contribution in [-0.2, 0) is 6.42 Å². The number of halogens is 2. The van der Waals surface area contributed by atoms with Gasteiger partial charge in [0.25, 0.3) is 0 Å². The van der Waals surface area contributed by atoms with E-state index in [4.69, 9.17) is 9.47 Å². The van der Waals surface area contributed by atoms with Gasteiger partial charge in [-0.2, -0.15) is 0 Å². The summed E-state index contributed by atoms with van der Waals surface area (Å²) in [6.45, 7) is 0.494. The Balaban J connectivity index is 1.90.